The summed E-state index contributed by atoms with van der Waals surface area (Å²) in [6.45, 7) is 6.83. The van der Waals surface area contributed by atoms with Crippen molar-refractivity contribution >= 4 is 28.9 Å². The molecule has 2 rings (SSSR count). The van der Waals surface area contributed by atoms with E-state index < -0.39 is 5.82 Å². The molecular weight excluding hydrogens is 291 g/mol. The van der Waals surface area contributed by atoms with Crippen LogP contribution in [0.2, 0.25) is 5.02 Å². The summed E-state index contributed by atoms with van der Waals surface area (Å²) < 4.78 is 14.0. The van der Waals surface area contributed by atoms with E-state index in [9.17, 15) is 4.39 Å². The predicted molar refractivity (Wildman–Crippen MR) is 85.0 cm³/mol. The number of rotatable bonds is 5. The van der Waals surface area contributed by atoms with E-state index in [1.54, 1.807) is 12.1 Å². The third-order valence-corrected chi connectivity index (χ3v) is 3.30. The average molecular weight is 309 g/mol. The van der Waals surface area contributed by atoms with Gasteiger partial charge in [0.2, 0.25) is 0 Å². The zero-order valence-electron chi connectivity index (χ0n) is 12.2. The van der Waals surface area contributed by atoms with Crippen LogP contribution >= 0.6 is 11.6 Å². The quantitative estimate of drug-likeness (QED) is 0.849. The number of aromatic nitrogens is 2. The van der Waals surface area contributed by atoms with Gasteiger partial charge in [-0.05, 0) is 25.0 Å². The molecule has 21 heavy (non-hydrogen) atoms. The van der Waals surface area contributed by atoms with Gasteiger partial charge >= 0.3 is 0 Å². The topological polar surface area (TPSA) is 49.8 Å². The van der Waals surface area contributed by atoms with E-state index in [0.717, 1.165) is 17.9 Å². The van der Waals surface area contributed by atoms with Crippen molar-refractivity contribution in [1.82, 2.24) is 9.97 Å². The first-order valence-electron chi connectivity index (χ1n) is 6.84. The largest absolute Gasteiger partial charge is 0.370 e. The lowest BCUT2D eigenvalue weighted by Gasteiger charge is -2.17. The zero-order chi connectivity index (χ0) is 15.4. The van der Waals surface area contributed by atoms with E-state index in [2.05, 4.69) is 20.6 Å². The number of anilines is 3. The van der Waals surface area contributed by atoms with Crippen molar-refractivity contribution < 1.29 is 4.39 Å². The predicted octanol–water partition coefficient (Wildman–Crippen LogP) is 4.57. The van der Waals surface area contributed by atoms with E-state index in [-0.39, 0.29) is 10.9 Å². The Morgan fingerprint density at radius 3 is 2.62 bits per heavy atom. The first-order chi connectivity index (χ1) is 10.0. The number of hydrogen-bond donors (Lipinski definition) is 2. The van der Waals surface area contributed by atoms with Crippen LogP contribution in [-0.2, 0) is 0 Å². The molecule has 0 saturated heterocycles. The lowest BCUT2D eigenvalue weighted by Crippen LogP contribution is -2.09. The molecule has 0 fully saturated rings. The Labute approximate surface area is 128 Å². The molecule has 2 N–H and O–H groups in total. The highest BCUT2D eigenvalue weighted by Crippen LogP contribution is 2.32. The maximum Gasteiger partial charge on any atom is 0.165 e. The summed E-state index contributed by atoms with van der Waals surface area (Å²) in [7, 11) is 0. The van der Waals surface area contributed by atoms with Crippen LogP contribution in [-0.4, -0.2) is 16.5 Å². The number of halogens is 2. The smallest absolute Gasteiger partial charge is 0.165 e. The summed E-state index contributed by atoms with van der Waals surface area (Å²) >= 11 is 5.80. The van der Waals surface area contributed by atoms with Gasteiger partial charge in [0.05, 0.1) is 10.7 Å². The minimum atomic E-state index is -0.488. The number of hydrogen-bond acceptors (Lipinski definition) is 4. The highest BCUT2D eigenvalue weighted by molar-refractivity contribution is 6.31. The Hall–Kier alpha value is -1.88. The molecule has 0 bridgehead atoms. The molecule has 0 spiro atoms. The minimum absolute atomic E-state index is 0.0760. The molecular formula is C15H18ClFN4. The Balaban J connectivity index is 2.44. The molecule has 0 atom stereocenters. The van der Waals surface area contributed by atoms with Crippen molar-refractivity contribution in [2.45, 2.75) is 26.7 Å². The first kappa shape index (κ1) is 15.5. The van der Waals surface area contributed by atoms with Gasteiger partial charge in [-0.25, -0.2) is 14.4 Å². The van der Waals surface area contributed by atoms with Crippen LogP contribution < -0.4 is 10.6 Å². The highest BCUT2D eigenvalue weighted by atomic mass is 35.5. The fraction of sp³-hybridized carbons (Fsp3) is 0.333. The fourth-order valence-corrected chi connectivity index (χ4v) is 2.25. The summed E-state index contributed by atoms with van der Waals surface area (Å²) in [6.07, 6.45) is 1.45. The van der Waals surface area contributed by atoms with Gasteiger partial charge in [-0.2, -0.15) is 0 Å². The van der Waals surface area contributed by atoms with E-state index in [0.29, 0.717) is 11.5 Å². The molecule has 2 aromatic rings. The second kappa shape index (κ2) is 6.72. The highest BCUT2D eigenvalue weighted by Gasteiger charge is 2.16. The van der Waals surface area contributed by atoms with Crippen molar-refractivity contribution in [3.8, 4) is 0 Å². The second-order valence-electron chi connectivity index (χ2n) is 4.90. The Kier molecular flexibility index (Phi) is 4.96. The maximum absolute atomic E-state index is 14.0. The van der Waals surface area contributed by atoms with Gasteiger partial charge in [-0.3, -0.25) is 0 Å². The van der Waals surface area contributed by atoms with Crippen LogP contribution in [0.4, 0.5) is 21.7 Å². The standard InChI is InChI=1S/C15H18ClFN4/c1-4-18-14-12(9(2)3)15(20-8-19-14)21-11-7-5-6-10(16)13(11)17/h5-9H,4H2,1-3H3,(H2,18,19,20,21). The second-order valence-corrected chi connectivity index (χ2v) is 5.30. The summed E-state index contributed by atoms with van der Waals surface area (Å²) in [4.78, 5) is 8.49. The lowest BCUT2D eigenvalue weighted by molar-refractivity contribution is 0.632. The fourth-order valence-electron chi connectivity index (χ4n) is 2.08. The molecule has 6 heteroatoms. The van der Waals surface area contributed by atoms with Crippen molar-refractivity contribution in [3.63, 3.8) is 0 Å². The summed E-state index contributed by atoms with van der Waals surface area (Å²) in [5, 5.41) is 6.29. The van der Waals surface area contributed by atoms with E-state index in [1.807, 2.05) is 20.8 Å². The number of nitrogens with one attached hydrogen (secondary N) is 2. The van der Waals surface area contributed by atoms with Gasteiger partial charge in [-0.15, -0.1) is 0 Å². The molecule has 1 aromatic heterocycles. The van der Waals surface area contributed by atoms with E-state index >= 15 is 0 Å². The molecule has 0 saturated carbocycles. The summed E-state index contributed by atoms with van der Waals surface area (Å²) in [5.41, 5.74) is 1.21. The van der Waals surface area contributed by atoms with Crippen molar-refractivity contribution in [2.75, 3.05) is 17.2 Å². The molecule has 0 aliphatic rings. The molecule has 0 amide bonds. The van der Waals surface area contributed by atoms with Crippen LogP contribution in [0.1, 0.15) is 32.3 Å². The molecule has 0 aliphatic carbocycles. The third-order valence-electron chi connectivity index (χ3n) is 3.01. The average Bonchev–Trinajstić information content (AvgIpc) is 2.44. The SMILES string of the molecule is CCNc1ncnc(Nc2cccc(Cl)c2F)c1C(C)C. The molecule has 0 aliphatic heterocycles. The molecule has 1 heterocycles. The van der Waals surface area contributed by atoms with Crippen LogP contribution in [0.25, 0.3) is 0 Å². The van der Waals surface area contributed by atoms with Crippen LogP contribution in [0.5, 0.6) is 0 Å². The number of benzene rings is 1. The zero-order valence-corrected chi connectivity index (χ0v) is 13.0. The Morgan fingerprint density at radius 1 is 1.24 bits per heavy atom. The molecule has 1 aromatic carbocycles. The van der Waals surface area contributed by atoms with Crippen LogP contribution in [0.3, 0.4) is 0 Å². The van der Waals surface area contributed by atoms with Gasteiger partial charge in [-0.1, -0.05) is 31.5 Å². The van der Waals surface area contributed by atoms with Gasteiger partial charge in [0.25, 0.3) is 0 Å². The van der Waals surface area contributed by atoms with Crippen molar-refractivity contribution in [1.29, 1.82) is 0 Å². The van der Waals surface area contributed by atoms with Crippen LogP contribution in [0, 0.1) is 5.82 Å². The summed E-state index contributed by atoms with van der Waals surface area (Å²) in [6, 6.07) is 4.82. The molecule has 0 unspecified atom stereocenters. The third kappa shape index (κ3) is 3.42. The normalized spacial score (nSPS) is 10.8. The maximum atomic E-state index is 14.0. The first-order valence-corrected chi connectivity index (χ1v) is 7.22. The lowest BCUT2D eigenvalue weighted by atomic mass is 10.0. The van der Waals surface area contributed by atoms with Gasteiger partial charge in [0.1, 0.15) is 18.0 Å². The van der Waals surface area contributed by atoms with E-state index in [4.69, 9.17) is 11.6 Å². The van der Waals surface area contributed by atoms with Gasteiger partial charge in [0.15, 0.2) is 5.82 Å². The molecule has 112 valence electrons. The monoisotopic (exact) mass is 308 g/mol. The van der Waals surface area contributed by atoms with Gasteiger partial charge < -0.3 is 10.6 Å². The van der Waals surface area contributed by atoms with Crippen molar-refractivity contribution in [2.24, 2.45) is 0 Å². The van der Waals surface area contributed by atoms with Gasteiger partial charge in [0, 0.05) is 12.1 Å². The molecule has 0 radical (unpaired) electrons. The minimum Gasteiger partial charge on any atom is -0.370 e. The van der Waals surface area contributed by atoms with E-state index in [1.165, 1.54) is 12.4 Å². The van der Waals surface area contributed by atoms with Crippen LogP contribution in [0.15, 0.2) is 24.5 Å². The summed E-state index contributed by atoms with van der Waals surface area (Å²) in [5.74, 6) is 1.03. The Bertz CT molecular complexity index is 631. The van der Waals surface area contributed by atoms with Crippen molar-refractivity contribution in [3.05, 3.63) is 40.9 Å². The number of nitrogens with zero attached hydrogens (tertiary/aromatic N) is 2. The Morgan fingerprint density at radius 2 is 1.95 bits per heavy atom. The molecule has 4 nitrogen and oxygen atoms in total.